The van der Waals surface area contributed by atoms with Gasteiger partial charge >= 0.3 is 5.97 Å². The Morgan fingerprint density at radius 2 is 1.67 bits per heavy atom. The topological polar surface area (TPSA) is 76.6 Å². The van der Waals surface area contributed by atoms with Crippen LogP contribution in [0.1, 0.15) is 42.7 Å². The summed E-state index contributed by atoms with van der Waals surface area (Å²) in [5.41, 5.74) is 2.27. The van der Waals surface area contributed by atoms with Crippen LogP contribution in [0, 0.1) is 23.4 Å². The molecule has 0 saturated carbocycles. The number of halogens is 4. The first-order valence-electron chi connectivity index (χ1n) is 13.1. The maximum absolute atomic E-state index is 13.4. The SMILES string of the molecule is O=C(O)C(C1CCN(C(=O)/C=C/c2cc(F)c(F)c(F)c2)CC1)N1CCC(c2c[nH]c3cc(Cl)ccc23)CC1. The van der Waals surface area contributed by atoms with Gasteiger partial charge in [0.1, 0.15) is 6.04 Å². The minimum atomic E-state index is -1.55. The van der Waals surface area contributed by atoms with E-state index < -0.39 is 29.5 Å². The number of aromatic nitrogens is 1. The normalized spacial score (nSPS) is 18.7. The number of amides is 1. The van der Waals surface area contributed by atoms with Crippen molar-refractivity contribution in [1.82, 2.24) is 14.8 Å². The predicted octanol–water partition coefficient (Wildman–Crippen LogP) is 5.82. The molecule has 10 heteroatoms. The van der Waals surface area contributed by atoms with E-state index in [0.29, 0.717) is 50.0 Å². The van der Waals surface area contributed by atoms with Crippen LogP contribution in [0.4, 0.5) is 13.2 Å². The molecule has 206 valence electrons. The number of rotatable bonds is 6. The molecule has 0 aliphatic carbocycles. The lowest BCUT2D eigenvalue weighted by atomic mass is 9.84. The van der Waals surface area contributed by atoms with Crippen molar-refractivity contribution in [2.45, 2.75) is 37.6 Å². The first-order chi connectivity index (χ1) is 18.7. The summed E-state index contributed by atoms with van der Waals surface area (Å²) in [6.07, 6.45) is 7.26. The van der Waals surface area contributed by atoms with Gasteiger partial charge in [-0.3, -0.25) is 14.5 Å². The van der Waals surface area contributed by atoms with E-state index in [2.05, 4.69) is 9.88 Å². The first kappa shape index (κ1) is 27.3. The first-order valence-corrected chi connectivity index (χ1v) is 13.4. The minimum Gasteiger partial charge on any atom is -0.480 e. The molecular weight excluding hydrogens is 531 g/mol. The van der Waals surface area contributed by atoms with Gasteiger partial charge < -0.3 is 15.0 Å². The number of fused-ring (bicyclic) bond motifs is 1. The van der Waals surface area contributed by atoms with Gasteiger partial charge in [0, 0.05) is 41.3 Å². The second-order valence-corrected chi connectivity index (χ2v) is 10.8. The highest BCUT2D eigenvalue weighted by atomic mass is 35.5. The molecule has 0 spiro atoms. The smallest absolute Gasteiger partial charge is 0.321 e. The van der Waals surface area contributed by atoms with Gasteiger partial charge in [0.25, 0.3) is 0 Å². The van der Waals surface area contributed by atoms with Gasteiger partial charge in [0.05, 0.1) is 0 Å². The highest BCUT2D eigenvalue weighted by molar-refractivity contribution is 6.31. The fraction of sp³-hybridized carbons (Fsp3) is 0.379. The monoisotopic (exact) mass is 559 g/mol. The van der Waals surface area contributed by atoms with Crippen molar-refractivity contribution in [3.63, 3.8) is 0 Å². The van der Waals surface area contributed by atoms with Crippen molar-refractivity contribution < 1.29 is 27.9 Å². The number of carbonyl (C=O) groups excluding carboxylic acids is 1. The number of carboxylic acids is 1. The summed E-state index contributed by atoms with van der Waals surface area (Å²) in [6, 6.07) is 6.84. The molecule has 2 fully saturated rings. The summed E-state index contributed by atoms with van der Waals surface area (Å²) in [5, 5.41) is 11.9. The molecule has 2 aliphatic rings. The lowest BCUT2D eigenvalue weighted by molar-refractivity contribution is -0.147. The molecule has 1 aromatic heterocycles. The zero-order chi connectivity index (χ0) is 27.7. The van der Waals surface area contributed by atoms with Crippen molar-refractivity contribution in [2.24, 2.45) is 5.92 Å². The second-order valence-electron chi connectivity index (χ2n) is 10.3. The van der Waals surface area contributed by atoms with Gasteiger partial charge in [-0.25, -0.2) is 13.2 Å². The molecule has 2 aromatic carbocycles. The molecule has 0 radical (unpaired) electrons. The quantitative estimate of drug-likeness (QED) is 0.295. The van der Waals surface area contributed by atoms with E-state index in [1.807, 2.05) is 24.4 Å². The number of hydrogen-bond donors (Lipinski definition) is 2. The van der Waals surface area contributed by atoms with Crippen molar-refractivity contribution in [3.8, 4) is 0 Å². The second kappa shape index (κ2) is 11.4. The summed E-state index contributed by atoms with van der Waals surface area (Å²) >= 11 is 6.11. The Hall–Kier alpha value is -3.30. The van der Waals surface area contributed by atoms with Crippen molar-refractivity contribution >= 4 is 40.5 Å². The Balaban J connectivity index is 1.17. The van der Waals surface area contributed by atoms with Crippen LogP contribution in [0.2, 0.25) is 5.02 Å². The third-order valence-corrected chi connectivity index (χ3v) is 8.25. The maximum atomic E-state index is 13.4. The van der Waals surface area contributed by atoms with Crippen molar-refractivity contribution in [1.29, 1.82) is 0 Å². The Labute approximate surface area is 229 Å². The number of likely N-dealkylation sites (tertiary alicyclic amines) is 2. The van der Waals surface area contributed by atoms with Crippen molar-refractivity contribution in [2.75, 3.05) is 26.2 Å². The highest BCUT2D eigenvalue weighted by Crippen LogP contribution is 2.36. The molecule has 0 bridgehead atoms. The summed E-state index contributed by atoms with van der Waals surface area (Å²) in [7, 11) is 0. The molecule has 6 nitrogen and oxygen atoms in total. The largest absolute Gasteiger partial charge is 0.480 e. The molecule has 5 rings (SSSR count). The number of benzene rings is 2. The fourth-order valence-electron chi connectivity index (χ4n) is 5.98. The summed E-state index contributed by atoms with van der Waals surface area (Å²) in [6.45, 7) is 2.12. The molecule has 3 aromatic rings. The molecule has 1 atom stereocenters. The van der Waals surface area contributed by atoms with E-state index >= 15 is 0 Å². The zero-order valence-corrected chi connectivity index (χ0v) is 21.9. The van der Waals surface area contributed by atoms with Gasteiger partial charge in [0.15, 0.2) is 17.5 Å². The Bertz CT molecular complexity index is 1390. The van der Waals surface area contributed by atoms with E-state index in [4.69, 9.17) is 11.6 Å². The lowest BCUT2D eigenvalue weighted by Gasteiger charge is -2.41. The summed E-state index contributed by atoms with van der Waals surface area (Å²) in [5.74, 6) is -5.15. The number of H-pyrrole nitrogens is 1. The number of carbonyl (C=O) groups is 2. The maximum Gasteiger partial charge on any atom is 0.321 e. The number of nitrogens with one attached hydrogen (secondary N) is 1. The highest BCUT2D eigenvalue weighted by Gasteiger charge is 2.38. The molecule has 1 unspecified atom stereocenters. The molecule has 2 N–H and O–H groups in total. The Morgan fingerprint density at radius 3 is 2.31 bits per heavy atom. The molecule has 3 heterocycles. The predicted molar refractivity (Wildman–Crippen MR) is 143 cm³/mol. The molecule has 2 saturated heterocycles. The third kappa shape index (κ3) is 5.84. The Morgan fingerprint density at radius 1 is 1.00 bits per heavy atom. The van der Waals surface area contributed by atoms with Crippen LogP contribution >= 0.6 is 11.6 Å². The van der Waals surface area contributed by atoms with Gasteiger partial charge in [-0.1, -0.05) is 17.7 Å². The summed E-state index contributed by atoms with van der Waals surface area (Å²) in [4.78, 5) is 31.9. The van der Waals surface area contributed by atoms with Crippen LogP contribution in [0.3, 0.4) is 0 Å². The van der Waals surface area contributed by atoms with Crippen molar-refractivity contribution in [3.05, 3.63) is 76.2 Å². The van der Waals surface area contributed by atoms with Crippen LogP contribution in [0.5, 0.6) is 0 Å². The number of piperidine rings is 2. The van der Waals surface area contributed by atoms with Crippen LogP contribution in [0.25, 0.3) is 17.0 Å². The van der Waals surface area contributed by atoms with Gasteiger partial charge in [0.2, 0.25) is 5.91 Å². The van der Waals surface area contributed by atoms with Gasteiger partial charge in [-0.2, -0.15) is 0 Å². The lowest BCUT2D eigenvalue weighted by Crippen LogP contribution is -2.52. The van der Waals surface area contributed by atoms with E-state index in [1.54, 1.807) is 4.90 Å². The molecule has 1 amide bonds. The molecule has 39 heavy (non-hydrogen) atoms. The standard InChI is InChI=1S/C29H29ClF3N3O3/c30-20-2-3-21-22(16-34-25(21)15-20)18-5-11-36(12-6-18)28(29(38)39)19-7-9-35(10-8-19)26(37)4-1-17-13-23(31)27(33)24(32)14-17/h1-4,13-16,18-19,28,34H,5-12H2,(H,38,39)/b4-1+. The average Bonchev–Trinajstić information content (AvgIpc) is 3.34. The Kier molecular flexibility index (Phi) is 8.00. The number of hydrogen-bond acceptors (Lipinski definition) is 3. The van der Waals surface area contributed by atoms with E-state index in [0.717, 1.165) is 35.9 Å². The van der Waals surface area contributed by atoms with Crippen LogP contribution in [-0.4, -0.2) is 64.0 Å². The fourth-order valence-corrected chi connectivity index (χ4v) is 6.16. The van der Waals surface area contributed by atoms with E-state index in [-0.39, 0.29) is 17.4 Å². The van der Waals surface area contributed by atoms with E-state index in [9.17, 15) is 27.9 Å². The number of aromatic amines is 1. The minimum absolute atomic E-state index is 0.0421. The zero-order valence-electron chi connectivity index (χ0n) is 21.2. The number of carboxylic acid groups (broad SMARTS) is 1. The van der Waals surface area contributed by atoms with E-state index in [1.165, 1.54) is 17.7 Å². The number of aliphatic carboxylic acids is 1. The van der Waals surface area contributed by atoms with Gasteiger partial charge in [-0.15, -0.1) is 0 Å². The third-order valence-electron chi connectivity index (χ3n) is 8.01. The summed E-state index contributed by atoms with van der Waals surface area (Å²) < 4.78 is 40.0. The van der Waals surface area contributed by atoms with Crippen LogP contribution in [0.15, 0.2) is 42.6 Å². The van der Waals surface area contributed by atoms with Gasteiger partial charge in [-0.05, 0) is 92.1 Å². The average molecular weight is 560 g/mol. The molecular formula is C29H29ClF3N3O3. The molecule has 2 aliphatic heterocycles. The number of nitrogens with zero attached hydrogens (tertiary/aromatic N) is 2. The van der Waals surface area contributed by atoms with Crippen LogP contribution in [-0.2, 0) is 9.59 Å². The van der Waals surface area contributed by atoms with Crippen LogP contribution < -0.4 is 0 Å².